The molecule has 0 radical (unpaired) electrons. The van der Waals surface area contributed by atoms with Gasteiger partial charge in [-0.05, 0) is 24.6 Å². The second-order valence-corrected chi connectivity index (χ2v) is 7.55. The summed E-state index contributed by atoms with van der Waals surface area (Å²) >= 11 is 11.6. The Labute approximate surface area is 105 Å². The van der Waals surface area contributed by atoms with E-state index >= 15 is 0 Å². The van der Waals surface area contributed by atoms with E-state index in [1.165, 1.54) is 13.0 Å². The van der Waals surface area contributed by atoms with Crippen LogP contribution in [0.2, 0.25) is 5.02 Å². The molecule has 0 aliphatic heterocycles. The molecule has 0 aliphatic carbocycles. The van der Waals surface area contributed by atoms with Gasteiger partial charge in [0.15, 0.2) is 14.0 Å². The number of sulfone groups is 1. The zero-order valence-corrected chi connectivity index (χ0v) is 11.1. The van der Waals surface area contributed by atoms with Gasteiger partial charge in [-0.2, -0.15) is 0 Å². The maximum absolute atomic E-state index is 11.4. The van der Waals surface area contributed by atoms with Crippen LogP contribution in [0.5, 0.6) is 0 Å². The van der Waals surface area contributed by atoms with E-state index in [-0.39, 0.29) is 0 Å². The van der Waals surface area contributed by atoms with Crippen LogP contribution in [-0.4, -0.2) is 24.0 Å². The fourth-order valence-electron chi connectivity index (χ4n) is 1.18. The first-order chi connectivity index (χ1) is 7.16. The van der Waals surface area contributed by atoms with Gasteiger partial charge in [0.25, 0.3) is 0 Å². The second-order valence-electron chi connectivity index (χ2n) is 3.72. The summed E-state index contributed by atoms with van der Waals surface area (Å²) in [5, 5.41) is 10.4. The van der Waals surface area contributed by atoms with Crippen molar-refractivity contribution in [2.24, 2.45) is 0 Å². The Balaban J connectivity index is 3.17. The molecule has 0 heterocycles. The highest BCUT2D eigenvalue weighted by Gasteiger charge is 2.41. The molecule has 0 aliphatic rings. The zero-order chi connectivity index (χ0) is 12.6. The molecule has 90 valence electrons. The number of hydrogen-bond donors (Lipinski definition) is 1. The number of aliphatic hydroxyl groups excluding tert-OH is 1. The summed E-state index contributed by atoms with van der Waals surface area (Å²) in [5.41, 5.74) is 0.371. The Morgan fingerprint density at radius 3 is 2.44 bits per heavy atom. The van der Waals surface area contributed by atoms with Crippen LogP contribution in [0, 0.1) is 0 Å². The lowest BCUT2D eigenvalue weighted by molar-refractivity contribution is 0.163. The molecule has 6 heteroatoms. The van der Waals surface area contributed by atoms with Crippen molar-refractivity contribution < 1.29 is 13.5 Å². The number of rotatable bonds is 3. The minimum absolute atomic E-state index is 0.371. The first-order valence-electron chi connectivity index (χ1n) is 4.48. The Morgan fingerprint density at radius 1 is 1.44 bits per heavy atom. The third-order valence-corrected chi connectivity index (χ3v) is 5.33. The van der Waals surface area contributed by atoms with Crippen molar-refractivity contribution in [2.45, 2.75) is 17.2 Å². The van der Waals surface area contributed by atoms with Gasteiger partial charge in [-0.15, -0.1) is 0 Å². The van der Waals surface area contributed by atoms with Crippen LogP contribution < -0.4 is 0 Å². The van der Waals surface area contributed by atoms with Crippen LogP contribution >= 0.6 is 23.2 Å². The van der Waals surface area contributed by atoms with E-state index in [1.807, 2.05) is 0 Å². The molecule has 0 spiro atoms. The fourth-order valence-corrected chi connectivity index (χ4v) is 2.04. The normalized spacial score (nSPS) is 17.8. The predicted octanol–water partition coefficient (Wildman–Crippen LogP) is 2.37. The van der Waals surface area contributed by atoms with Gasteiger partial charge in [0.2, 0.25) is 0 Å². The molecule has 0 aromatic heterocycles. The first kappa shape index (κ1) is 13.8. The standard InChI is InChI=1S/C10H12Cl2O3S/c1-10(12,16(2,14)15)9(13)7-4-3-5-8(11)6-7/h3-6,9,13H,1-2H3. The number of benzene rings is 1. The van der Waals surface area contributed by atoms with E-state index in [0.29, 0.717) is 10.6 Å². The smallest absolute Gasteiger partial charge is 0.172 e. The second kappa shape index (κ2) is 4.53. The highest BCUT2D eigenvalue weighted by atomic mass is 35.5. The van der Waals surface area contributed by atoms with Crippen LogP contribution in [-0.2, 0) is 9.84 Å². The van der Waals surface area contributed by atoms with Gasteiger partial charge >= 0.3 is 0 Å². The van der Waals surface area contributed by atoms with E-state index in [2.05, 4.69) is 0 Å². The molecule has 0 saturated heterocycles. The van der Waals surface area contributed by atoms with Crippen molar-refractivity contribution in [2.75, 3.05) is 6.26 Å². The van der Waals surface area contributed by atoms with E-state index < -0.39 is 20.1 Å². The molecular weight excluding hydrogens is 271 g/mol. The van der Waals surface area contributed by atoms with Gasteiger partial charge in [-0.25, -0.2) is 8.42 Å². The number of halogens is 2. The third-order valence-electron chi connectivity index (χ3n) is 2.38. The van der Waals surface area contributed by atoms with Crippen LogP contribution in [0.4, 0.5) is 0 Å². The molecule has 0 fully saturated rings. The van der Waals surface area contributed by atoms with E-state index in [4.69, 9.17) is 23.2 Å². The number of alkyl halides is 1. The lowest BCUT2D eigenvalue weighted by Crippen LogP contribution is -2.35. The summed E-state index contributed by atoms with van der Waals surface area (Å²) in [7, 11) is -3.59. The molecule has 0 amide bonds. The highest BCUT2D eigenvalue weighted by molar-refractivity contribution is 7.93. The monoisotopic (exact) mass is 282 g/mol. The van der Waals surface area contributed by atoms with E-state index in [0.717, 1.165) is 6.26 Å². The molecule has 16 heavy (non-hydrogen) atoms. The van der Waals surface area contributed by atoms with Gasteiger partial charge in [-0.3, -0.25) is 0 Å². The summed E-state index contributed by atoms with van der Waals surface area (Å²) in [6.07, 6.45) is -0.351. The van der Waals surface area contributed by atoms with E-state index in [1.54, 1.807) is 18.2 Å². The molecule has 0 bridgehead atoms. The average molecular weight is 283 g/mol. The maximum atomic E-state index is 11.4. The molecule has 2 unspecified atom stereocenters. The summed E-state index contributed by atoms with van der Waals surface area (Å²) in [6.45, 7) is 1.26. The van der Waals surface area contributed by atoms with Crippen molar-refractivity contribution in [3.8, 4) is 0 Å². The average Bonchev–Trinajstić information content (AvgIpc) is 2.14. The molecule has 2 atom stereocenters. The Hall–Kier alpha value is -0.290. The molecule has 1 N–H and O–H groups in total. The Morgan fingerprint density at radius 2 is 2.00 bits per heavy atom. The van der Waals surface area contributed by atoms with Crippen molar-refractivity contribution in [3.05, 3.63) is 34.9 Å². The summed E-state index contributed by atoms with van der Waals surface area (Å²) in [6, 6.07) is 6.31. The predicted molar refractivity (Wildman–Crippen MR) is 65.5 cm³/mol. The first-order valence-corrected chi connectivity index (χ1v) is 7.13. The molecular formula is C10H12Cl2O3S. The molecule has 0 saturated carbocycles. The van der Waals surface area contributed by atoms with Gasteiger partial charge in [0.1, 0.15) is 6.10 Å². The van der Waals surface area contributed by atoms with Gasteiger partial charge in [0.05, 0.1) is 0 Å². The minimum Gasteiger partial charge on any atom is -0.385 e. The topological polar surface area (TPSA) is 54.4 Å². The number of hydrogen-bond acceptors (Lipinski definition) is 3. The van der Waals surface area contributed by atoms with Crippen LogP contribution in [0.3, 0.4) is 0 Å². The Bertz CT molecular complexity index is 483. The lowest BCUT2D eigenvalue weighted by Gasteiger charge is -2.26. The van der Waals surface area contributed by atoms with Crippen molar-refractivity contribution in [1.82, 2.24) is 0 Å². The van der Waals surface area contributed by atoms with Gasteiger partial charge in [0, 0.05) is 11.3 Å². The largest absolute Gasteiger partial charge is 0.385 e. The molecule has 1 rings (SSSR count). The maximum Gasteiger partial charge on any atom is 0.172 e. The lowest BCUT2D eigenvalue weighted by atomic mass is 10.1. The summed E-state index contributed by atoms with van der Waals surface area (Å²) in [4.78, 5) is 0. The van der Waals surface area contributed by atoms with Crippen LogP contribution in [0.25, 0.3) is 0 Å². The van der Waals surface area contributed by atoms with Gasteiger partial charge in [-0.1, -0.05) is 35.3 Å². The van der Waals surface area contributed by atoms with Gasteiger partial charge < -0.3 is 5.11 Å². The van der Waals surface area contributed by atoms with Crippen molar-refractivity contribution in [1.29, 1.82) is 0 Å². The van der Waals surface area contributed by atoms with Crippen molar-refractivity contribution in [3.63, 3.8) is 0 Å². The quantitative estimate of drug-likeness (QED) is 0.866. The SMILES string of the molecule is CC(Cl)(C(O)c1cccc(Cl)c1)S(C)(=O)=O. The highest BCUT2D eigenvalue weighted by Crippen LogP contribution is 2.36. The van der Waals surface area contributed by atoms with E-state index in [9.17, 15) is 13.5 Å². The summed E-state index contributed by atoms with van der Waals surface area (Å²) in [5.74, 6) is 0. The Kier molecular flexibility index (Phi) is 3.90. The minimum atomic E-state index is -3.59. The van der Waals surface area contributed by atoms with Crippen molar-refractivity contribution >= 4 is 33.0 Å². The third kappa shape index (κ3) is 2.69. The molecule has 1 aromatic rings. The molecule has 3 nitrogen and oxygen atoms in total. The fraction of sp³-hybridized carbons (Fsp3) is 0.400. The molecule has 1 aromatic carbocycles. The number of aliphatic hydroxyl groups is 1. The zero-order valence-electron chi connectivity index (χ0n) is 8.81. The van der Waals surface area contributed by atoms with Crippen LogP contribution in [0.1, 0.15) is 18.6 Å². The van der Waals surface area contributed by atoms with Crippen LogP contribution in [0.15, 0.2) is 24.3 Å². The summed E-state index contributed by atoms with van der Waals surface area (Å²) < 4.78 is 21.1.